The highest BCUT2D eigenvalue weighted by Crippen LogP contribution is 2.17. The summed E-state index contributed by atoms with van der Waals surface area (Å²) in [5.41, 5.74) is 0.427. The van der Waals surface area contributed by atoms with E-state index in [9.17, 15) is 0 Å². The van der Waals surface area contributed by atoms with Gasteiger partial charge in [0, 0.05) is 19.1 Å². The lowest BCUT2D eigenvalue weighted by Crippen LogP contribution is -2.43. The van der Waals surface area contributed by atoms with Crippen LogP contribution in [0.15, 0.2) is 0 Å². The summed E-state index contributed by atoms with van der Waals surface area (Å²) in [6.45, 7) is 11.8. The molecule has 0 aromatic heterocycles. The van der Waals surface area contributed by atoms with Gasteiger partial charge in [-0.1, -0.05) is 20.8 Å². The van der Waals surface area contributed by atoms with E-state index in [1.165, 1.54) is 12.8 Å². The third-order valence-electron chi connectivity index (χ3n) is 3.23. The average molecular weight is 214 g/mol. The first-order valence-electron chi connectivity index (χ1n) is 6.16. The first kappa shape index (κ1) is 12.9. The molecule has 1 rings (SSSR count). The second-order valence-electron chi connectivity index (χ2n) is 5.21. The first-order valence-corrected chi connectivity index (χ1v) is 6.16. The smallest absolute Gasteiger partial charge is 0.0620 e. The fourth-order valence-corrected chi connectivity index (χ4v) is 1.63. The van der Waals surface area contributed by atoms with Gasteiger partial charge in [-0.05, 0) is 24.8 Å². The minimum atomic E-state index is 0.427. The fourth-order valence-electron chi connectivity index (χ4n) is 1.63. The van der Waals surface area contributed by atoms with E-state index in [2.05, 4.69) is 31.4 Å². The van der Waals surface area contributed by atoms with Crippen molar-refractivity contribution >= 4 is 0 Å². The molecule has 0 spiro atoms. The van der Waals surface area contributed by atoms with E-state index in [0.717, 1.165) is 32.8 Å². The van der Waals surface area contributed by atoms with Crippen molar-refractivity contribution < 1.29 is 4.74 Å². The Balaban J connectivity index is 2.00. The SMILES string of the molecule is CCC(C)(C)CNCCC1COCCN1. The second kappa shape index (κ2) is 6.46. The van der Waals surface area contributed by atoms with Crippen LogP contribution in [-0.4, -0.2) is 38.9 Å². The summed E-state index contributed by atoms with van der Waals surface area (Å²) < 4.78 is 5.41. The highest BCUT2D eigenvalue weighted by molar-refractivity contribution is 4.73. The van der Waals surface area contributed by atoms with E-state index < -0.39 is 0 Å². The summed E-state index contributed by atoms with van der Waals surface area (Å²) in [5, 5.41) is 6.99. The molecule has 0 aromatic rings. The number of rotatable bonds is 6. The summed E-state index contributed by atoms with van der Waals surface area (Å²) in [4.78, 5) is 0. The maximum Gasteiger partial charge on any atom is 0.0620 e. The standard InChI is InChI=1S/C12H26N2O/c1-4-12(2,3)10-13-6-5-11-9-15-8-7-14-11/h11,13-14H,4-10H2,1-3H3. The van der Waals surface area contributed by atoms with Crippen LogP contribution in [0.5, 0.6) is 0 Å². The zero-order chi connectivity index (χ0) is 11.1. The van der Waals surface area contributed by atoms with Crippen LogP contribution in [0.1, 0.15) is 33.6 Å². The molecule has 90 valence electrons. The lowest BCUT2D eigenvalue weighted by molar-refractivity contribution is 0.0740. The Kier molecular flexibility index (Phi) is 5.58. The molecule has 1 saturated heterocycles. The molecule has 3 nitrogen and oxygen atoms in total. The van der Waals surface area contributed by atoms with E-state index in [1.807, 2.05) is 0 Å². The van der Waals surface area contributed by atoms with Gasteiger partial charge in [0.05, 0.1) is 13.2 Å². The monoisotopic (exact) mass is 214 g/mol. The lowest BCUT2D eigenvalue weighted by Gasteiger charge is -2.26. The molecule has 1 atom stereocenters. The van der Waals surface area contributed by atoms with Gasteiger partial charge in [0.25, 0.3) is 0 Å². The zero-order valence-electron chi connectivity index (χ0n) is 10.4. The normalized spacial score (nSPS) is 23.0. The fraction of sp³-hybridized carbons (Fsp3) is 1.00. The number of nitrogens with one attached hydrogen (secondary N) is 2. The largest absolute Gasteiger partial charge is 0.379 e. The van der Waals surface area contributed by atoms with Gasteiger partial charge in [-0.2, -0.15) is 0 Å². The number of morpholine rings is 1. The molecule has 1 aliphatic rings. The van der Waals surface area contributed by atoms with Gasteiger partial charge in [0.1, 0.15) is 0 Å². The molecule has 3 heteroatoms. The molecule has 0 saturated carbocycles. The first-order chi connectivity index (χ1) is 7.14. The molecule has 0 aromatic carbocycles. The van der Waals surface area contributed by atoms with E-state index in [4.69, 9.17) is 4.74 Å². The molecule has 0 radical (unpaired) electrons. The van der Waals surface area contributed by atoms with Crippen molar-refractivity contribution in [2.75, 3.05) is 32.8 Å². The van der Waals surface area contributed by atoms with Crippen LogP contribution in [0.2, 0.25) is 0 Å². The van der Waals surface area contributed by atoms with E-state index in [1.54, 1.807) is 0 Å². The molecular formula is C12H26N2O. The van der Waals surface area contributed by atoms with Crippen molar-refractivity contribution in [3.8, 4) is 0 Å². The van der Waals surface area contributed by atoms with Crippen molar-refractivity contribution in [1.29, 1.82) is 0 Å². The van der Waals surface area contributed by atoms with Gasteiger partial charge in [0.2, 0.25) is 0 Å². The van der Waals surface area contributed by atoms with Crippen molar-refractivity contribution in [3.05, 3.63) is 0 Å². The highest BCUT2D eigenvalue weighted by Gasteiger charge is 2.15. The Morgan fingerprint density at radius 3 is 2.87 bits per heavy atom. The number of hydrogen-bond acceptors (Lipinski definition) is 3. The minimum absolute atomic E-state index is 0.427. The predicted octanol–water partition coefficient (Wildman–Crippen LogP) is 1.39. The molecule has 2 N–H and O–H groups in total. The molecule has 1 heterocycles. The lowest BCUT2D eigenvalue weighted by atomic mass is 9.90. The summed E-state index contributed by atoms with van der Waals surface area (Å²) in [6.07, 6.45) is 2.39. The minimum Gasteiger partial charge on any atom is -0.379 e. The Bertz CT molecular complexity index is 165. The van der Waals surface area contributed by atoms with E-state index in [-0.39, 0.29) is 0 Å². The molecule has 1 aliphatic heterocycles. The van der Waals surface area contributed by atoms with Crippen molar-refractivity contribution in [2.24, 2.45) is 5.41 Å². The van der Waals surface area contributed by atoms with Gasteiger partial charge in [-0.25, -0.2) is 0 Å². The van der Waals surface area contributed by atoms with Crippen molar-refractivity contribution in [1.82, 2.24) is 10.6 Å². The molecule has 15 heavy (non-hydrogen) atoms. The van der Waals surface area contributed by atoms with Crippen LogP contribution in [0, 0.1) is 5.41 Å². The van der Waals surface area contributed by atoms with Crippen LogP contribution in [0.4, 0.5) is 0 Å². The molecule has 0 bridgehead atoms. The molecule has 0 amide bonds. The van der Waals surface area contributed by atoms with Crippen LogP contribution in [0.3, 0.4) is 0 Å². The van der Waals surface area contributed by atoms with Crippen molar-refractivity contribution in [3.63, 3.8) is 0 Å². The summed E-state index contributed by atoms with van der Waals surface area (Å²) in [6, 6.07) is 0.552. The van der Waals surface area contributed by atoms with E-state index >= 15 is 0 Å². The van der Waals surface area contributed by atoms with Crippen LogP contribution >= 0.6 is 0 Å². The number of hydrogen-bond donors (Lipinski definition) is 2. The number of ether oxygens (including phenoxy) is 1. The van der Waals surface area contributed by atoms with Crippen molar-refractivity contribution in [2.45, 2.75) is 39.7 Å². The van der Waals surface area contributed by atoms with Gasteiger partial charge in [-0.15, -0.1) is 0 Å². The Labute approximate surface area is 94.0 Å². The molecular weight excluding hydrogens is 188 g/mol. The molecule has 1 unspecified atom stereocenters. The predicted molar refractivity (Wildman–Crippen MR) is 64.2 cm³/mol. The second-order valence-corrected chi connectivity index (χ2v) is 5.21. The zero-order valence-corrected chi connectivity index (χ0v) is 10.4. The summed E-state index contributed by atoms with van der Waals surface area (Å²) >= 11 is 0. The van der Waals surface area contributed by atoms with E-state index in [0.29, 0.717) is 11.5 Å². The Morgan fingerprint density at radius 1 is 1.47 bits per heavy atom. The van der Waals surface area contributed by atoms with Crippen LogP contribution in [-0.2, 0) is 4.74 Å². The third kappa shape index (κ3) is 5.50. The van der Waals surface area contributed by atoms with Gasteiger partial charge in [-0.3, -0.25) is 0 Å². The summed E-state index contributed by atoms with van der Waals surface area (Å²) in [7, 11) is 0. The molecule has 1 fully saturated rings. The van der Waals surface area contributed by atoms with Crippen LogP contribution < -0.4 is 10.6 Å². The Morgan fingerprint density at radius 2 is 2.27 bits per heavy atom. The Hall–Kier alpha value is -0.120. The summed E-state index contributed by atoms with van der Waals surface area (Å²) in [5.74, 6) is 0. The highest BCUT2D eigenvalue weighted by atomic mass is 16.5. The maximum absolute atomic E-state index is 5.41. The van der Waals surface area contributed by atoms with Gasteiger partial charge in [0.15, 0.2) is 0 Å². The molecule has 0 aliphatic carbocycles. The third-order valence-corrected chi connectivity index (χ3v) is 3.23. The topological polar surface area (TPSA) is 33.3 Å². The van der Waals surface area contributed by atoms with Crippen LogP contribution in [0.25, 0.3) is 0 Å². The maximum atomic E-state index is 5.41. The quantitative estimate of drug-likeness (QED) is 0.656. The average Bonchev–Trinajstić information content (AvgIpc) is 2.26. The van der Waals surface area contributed by atoms with Gasteiger partial charge >= 0.3 is 0 Å². The van der Waals surface area contributed by atoms with Gasteiger partial charge < -0.3 is 15.4 Å².